The van der Waals surface area contributed by atoms with E-state index in [1.807, 2.05) is 0 Å². The molecule has 1 aliphatic heterocycles. The number of likely N-dealkylation sites (N-methyl/N-ethyl adjacent to an activating group) is 1. The van der Waals surface area contributed by atoms with E-state index in [9.17, 15) is 4.79 Å². The van der Waals surface area contributed by atoms with Gasteiger partial charge in [0, 0.05) is 7.05 Å². The lowest BCUT2D eigenvalue weighted by Crippen LogP contribution is -2.53. The van der Waals surface area contributed by atoms with Crippen molar-refractivity contribution in [2.75, 3.05) is 7.05 Å². The van der Waals surface area contributed by atoms with Gasteiger partial charge in [0.15, 0.2) is 0 Å². The molecule has 2 rings (SSSR count). The molecule has 1 fully saturated rings. The number of amides is 2. The van der Waals surface area contributed by atoms with Crippen LogP contribution in [0.4, 0.5) is 4.79 Å². The summed E-state index contributed by atoms with van der Waals surface area (Å²) in [7, 11) is 1.80. The highest BCUT2D eigenvalue weighted by Crippen LogP contribution is 2.36. The molecule has 1 aliphatic carbocycles. The van der Waals surface area contributed by atoms with Crippen molar-refractivity contribution in [2.45, 2.75) is 37.6 Å². The maximum atomic E-state index is 11.3. The van der Waals surface area contributed by atoms with Crippen LogP contribution in [0.25, 0.3) is 0 Å². The molecule has 0 atom stereocenters. The van der Waals surface area contributed by atoms with Crippen molar-refractivity contribution in [1.82, 2.24) is 4.90 Å². The Labute approximate surface area is 77.8 Å². The number of rotatable bonds is 0. The van der Waals surface area contributed by atoms with Gasteiger partial charge < -0.3 is 10.6 Å². The number of carbonyl (C=O) groups is 1. The normalized spacial score (nSPS) is 26.7. The monoisotopic (exact) mass is 181 g/mol. The van der Waals surface area contributed by atoms with E-state index in [4.69, 9.17) is 5.73 Å². The Balaban J connectivity index is 2.30. The van der Waals surface area contributed by atoms with Crippen LogP contribution in [-0.2, 0) is 0 Å². The minimum atomic E-state index is -0.227. The van der Waals surface area contributed by atoms with Gasteiger partial charge in [0.05, 0.1) is 0 Å². The molecule has 2 aliphatic rings. The van der Waals surface area contributed by atoms with Crippen LogP contribution in [0.2, 0.25) is 0 Å². The molecule has 4 nitrogen and oxygen atoms in total. The van der Waals surface area contributed by atoms with Gasteiger partial charge in [-0.05, 0) is 12.8 Å². The van der Waals surface area contributed by atoms with E-state index in [-0.39, 0.29) is 11.6 Å². The van der Waals surface area contributed by atoms with E-state index in [0.29, 0.717) is 5.84 Å². The lowest BCUT2D eigenvalue weighted by Gasteiger charge is -2.38. The van der Waals surface area contributed by atoms with Crippen molar-refractivity contribution < 1.29 is 4.79 Å². The van der Waals surface area contributed by atoms with Gasteiger partial charge in [-0.1, -0.05) is 19.3 Å². The van der Waals surface area contributed by atoms with Gasteiger partial charge in [0.25, 0.3) is 0 Å². The first-order valence-electron chi connectivity index (χ1n) is 4.79. The summed E-state index contributed by atoms with van der Waals surface area (Å²) in [5.41, 5.74) is 5.59. The molecule has 0 aromatic rings. The topological polar surface area (TPSA) is 58.7 Å². The molecule has 0 unspecified atom stereocenters. The first-order chi connectivity index (χ1) is 6.17. The summed E-state index contributed by atoms with van der Waals surface area (Å²) < 4.78 is 0. The molecule has 2 N–H and O–H groups in total. The second-order valence-corrected chi connectivity index (χ2v) is 3.93. The van der Waals surface area contributed by atoms with Gasteiger partial charge in [0.2, 0.25) is 0 Å². The molecule has 0 aromatic carbocycles. The van der Waals surface area contributed by atoms with Crippen molar-refractivity contribution in [2.24, 2.45) is 10.7 Å². The minimum Gasteiger partial charge on any atom is -0.385 e. The average molecular weight is 181 g/mol. The second kappa shape index (κ2) is 2.72. The third-order valence-electron chi connectivity index (χ3n) is 3.30. The molecule has 72 valence electrons. The number of carbonyl (C=O) groups excluding carboxylic acids is 1. The molecule has 4 heteroatoms. The number of urea groups is 1. The highest BCUT2D eigenvalue weighted by Gasteiger charge is 2.46. The Morgan fingerprint density at radius 3 is 2.46 bits per heavy atom. The van der Waals surface area contributed by atoms with E-state index in [0.717, 1.165) is 25.7 Å². The van der Waals surface area contributed by atoms with Gasteiger partial charge in [-0.2, -0.15) is 4.99 Å². The van der Waals surface area contributed by atoms with Crippen LogP contribution in [-0.4, -0.2) is 29.4 Å². The molecule has 0 saturated heterocycles. The van der Waals surface area contributed by atoms with Crippen molar-refractivity contribution in [3.8, 4) is 0 Å². The number of amidine groups is 1. The van der Waals surface area contributed by atoms with E-state index < -0.39 is 0 Å². The number of nitrogens with zero attached hydrogens (tertiary/aromatic N) is 2. The maximum absolute atomic E-state index is 11.3. The molecule has 0 aromatic heterocycles. The van der Waals surface area contributed by atoms with Gasteiger partial charge >= 0.3 is 6.03 Å². The summed E-state index contributed by atoms with van der Waals surface area (Å²) >= 11 is 0. The Hall–Kier alpha value is -1.06. The van der Waals surface area contributed by atoms with Gasteiger partial charge in [-0.25, -0.2) is 4.79 Å². The zero-order valence-electron chi connectivity index (χ0n) is 7.92. The Kier molecular flexibility index (Phi) is 1.78. The summed E-state index contributed by atoms with van der Waals surface area (Å²) in [6, 6.07) is -0.181. The van der Waals surface area contributed by atoms with Gasteiger partial charge in [0.1, 0.15) is 11.4 Å². The van der Waals surface area contributed by atoms with Crippen molar-refractivity contribution >= 4 is 11.9 Å². The van der Waals surface area contributed by atoms with Crippen LogP contribution in [0.1, 0.15) is 32.1 Å². The lowest BCUT2D eigenvalue weighted by molar-refractivity contribution is 0.164. The molecule has 0 bridgehead atoms. The average Bonchev–Trinajstić information content (AvgIpc) is 2.34. The molecule has 13 heavy (non-hydrogen) atoms. The highest BCUT2D eigenvalue weighted by molar-refractivity contribution is 6.05. The maximum Gasteiger partial charge on any atom is 0.345 e. The molecule has 1 heterocycles. The van der Waals surface area contributed by atoms with Crippen LogP contribution >= 0.6 is 0 Å². The molecule has 2 amide bonds. The summed E-state index contributed by atoms with van der Waals surface area (Å²) in [4.78, 5) is 16.9. The van der Waals surface area contributed by atoms with Crippen LogP contribution in [0, 0.1) is 0 Å². The van der Waals surface area contributed by atoms with E-state index in [1.165, 1.54) is 6.42 Å². The SMILES string of the molecule is CN1C(=O)N=C(N)C12CCCCC2. The number of nitrogens with two attached hydrogens (primary N) is 1. The molecular formula is C9H15N3O. The summed E-state index contributed by atoms with van der Waals surface area (Å²) in [5.74, 6) is 0.528. The highest BCUT2D eigenvalue weighted by atomic mass is 16.2. The molecule has 0 radical (unpaired) electrons. The van der Waals surface area contributed by atoms with Crippen molar-refractivity contribution in [3.63, 3.8) is 0 Å². The third kappa shape index (κ3) is 1.04. The zero-order valence-corrected chi connectivity index (χ0v) is 7.92. The van der Waals surface area contributed by atoms with E-state index in [1.54, 1.807) is 11.9 Å². The van der Waals surface area contributed by atoms with Crippen molar-refractivity contribution in [1.29, 1.82) is 0 Å². The predicted molar refractivity (Wildman–Crippen MR) is 50.6 cm³/mol. The van der Waals surface area contributed by atoms with Crippen LogP contribution in [0.15, 0.2) is 4.99 Å². The van der Waals surface area contributed by atoms with E-state index >= 15 is 0 Å². The summed E-state index contributed by atoms with van der Waals surface area (Å²) in [6.45, 7) is 0. The Morgan fingerprint density at radius 2 is 2.00 bits per heavy atom. The minimum absolute atomic E-state index is 0.181. The number of hydrogen-bond acceptors (Lipinski definition) is 2. The number of hydrogen-bond donors (Lipinski definition) is 1. The lowest BCUT2D eigenvalue weighted by atomic mass is 9.80. The largest absolute Gasteiger partial charge is 0.385 e. The molecule has 1 spiro atoms. The third-order valence-corrected chi connectivity index (χ3v) is 3.30. The number of aliphatic imine (C=N–C) groups is 1. The quantitative estimate of drug-likeness (QED) is 0.608. The standard InChI is InChI=1S/C9H15N3O/c1-12-8(13)11-7(10)9(12)5-3-2-4-6-9/h2-6H2,1H3,(H2,10,11,13). The summed E-state index contributed by atoms with van der Waals surface area (Å²) in [5, 5.41) is 0. The van der Waals surface area contributed by atoms with Crippen molar-refractivity contribution in [3.05, 3.63) is 0 Å². The first kappa shape index (κ1) is 8.53. The van der Waals surface area contributed by atoms with Crippen LogP contribution < -0.4 is 5.73 Å². The Morgan fingerprint density at radius 1 is 1.38 bits per heavy atom. The fourth-order valence-electron chi connectivity index (χ4n) is 2.37. The second-order valence-electron chi connectivity index (χ2n) is 3.93. The first-order valence-corrected chi connectivity index (χ1v) is 4.79. The van der Waals surface area contributed by atoms with Gasteiger partial charge in [-0.15, -0.1) is 0 Å². The smallest absolute Gasteiger partial charge is 0.345 e. The summed E-state index contributed by atoms with van der Waals surface area (Å²) in [6.07, 6.45) is 5.49. The fourth-order valence-corrected chi connectivity index (χ4v) is 2.37. The van der Waals surface area contributed by atoms with Gasteiger partial charge in [-0.3, -0.25) is 0 Å². The molecule has 1 saturated carbocycles. The van der Waals surface area contributed by atoms with Crippen LogP contribution in [0.3, 0.4) is 0 Å². The van der Waals surface area contributed by atoms with Crippen LogP contribution in [0.5, 0.6) is 0 Å². The van der Waals surface area contributed by atoms with E-state index in [2.05, 4.69) is 4.99 Å². The fraction of sp³-hybridized carbons (Fsp3) is 0.778. The predicted octanol–water partition coefficient (Wildman–Crippen LogP) is 1.11. The zero-order chi connectivity index (χ0) is 9.47. The Bertz CT molecular complexity index is 266. The molecular weight excluding hydrogens is 166 g/mol.